The van der Waals surface area contributed by atoms with Crippen molar-refractivity contribution < 1.29 is 23.3 Å². The van der Waals surface area contributed by atoms with Gasteiger partial charge in [-0.1, -0.05) is 0 Å². The van der Waals surface area contributed by atoms with Crippen LogP contribution in [-0.2, 0) is 11.3 Å². The van der Waals surface area contributed by atoms with Gasteiger partial charge in [0, 0.05) is 43.3 Å². The Balaban J connectivity index is 1.34. The largest absolute Gasteiger partial charge is 0.499 e. The van der Waals surface area contributed by atoms with Crippen molar-refractivity contribution in [2.45, 2.75) is 50.0 Å². The minimum atomic E-state index is -1.26. The highest BCUT2D eigenvalue weighted by atomic mass is 19.1. The summed E-state index contributed by atoms with van der Waals surface area (Å²) in [4.78, 5) is 19.2. The monoisotopic (exact) mass is 518 g/mol. The predicted molar refractivity (Wildman–Crippen MR) is 153 cm³/mol. The molecule has 14 heteroatoms. The molecular weight excluding hydrogens is 487 g/mol. The number of methoxy groups -OCH3 is 1. The first kappa shape index (κ1) is 26.5. The Morgan fingerprint density at radius 1 is 1.11 bits per heavy atom. The first-order valence-corrected chi connectivity index (χ1v) is 12.9. The van der Waals surface area contributed by atoms with Crippen molar-refractivity contribution in [2.75, 3.05) is 25.1 Å². The molecule has 0 bridgehead atoms. The smallest absolute Gasteiger partial charge is 0.274 e. The van der Waals surface area contributed by atoms with Crippen molar-refractivity contribution in [1.29, 1.82) is 0 Å². The van der Waals surface area contributed by atoms with E-state index in [-0.39, 0.29) is 18.7 Å². The molecule has 196 valence electrons. The summed E-state index contributed by atoms with van der Waals surface area (Å²) in [6.45, 7) is 4.67. The van der Waals surface area contributed by atoms with Gasteiger partial charge >= 0.3 is 0 Å². The second-order valence-corrected chi connectivity index (χ2v) is 11.1. The van der Waals surface area contributed by atoms with Gasteiger partial charge in [0.25, 0.3) is 5.56 Å². The standard InChI is InChI=1S/C24H31B4FN4O5/c1-12-13(2)22(31-33-20(34)8-14(11-35-3)30-21(12)33)32-7-6-17(16(29)10-32)36-15-4-5-18-19(9-15)38-24(27,28)23(25,26)37-18/h4-5,8-9,16-17H,6-7,10-11,25-28H2,1-3H3/t16-,17-/m1/s1. The molecule has 0 amide bonds. The van der Waals surface area contributed by atoms with Crippen molar-refractivity contribution in [1.82, 2.24) is 14.6 Å². The molecule has 3 aromatic rings. The number of anilines is 1. The molecule has 1 saturated heterocycles. The number of nitrogens with zero attached hydrogens (tertiary/aromatic N) is 4. The van der Waals surface area contributed by atoms with Crippen molar-refractivity contribution >= 4 is 42.9 Å². The molecule has 0 aliphatic carbocycles. The lowest BCUT2D eigenvalue weighted by Gasteiger charge is -2.47. The fourth-order valence-corrected chi connectivity index (χ4v) is 4.80. The van der Waals surface area contributed by atoms with Gasteiger partial charge in [0.1, 0.15) is 43.2 Å². The number of rotatable bonds is 5. The minimum absolute atomic E-state index is 0.0964. The van der Waals surface area contributed by atoms with E-state index in [4.69, 9.17) is 18.9 Å². The van der Waals surface area contributed by atoms with E-state index in [1.807, 2.05) is 50.1 Å². The molecule has 38 heavy (non-hydrogen) atoms. The van der Waals surface area contributed by atoms with E-state index in [0.29, 0.717) is 47.4 Å². The van der Waals surface area contributed by atoms with E-state index in [1.165, 1.54) is 10.6 Å². The maximum atomic E-state index is 15.5. The van der Waals surface area contributed by atoms with Crippen LogP contribution in [0.15, 0.2) is 29.1 Å². The van der Waals surface area contributed by atoms with E-state index < -0.39 is 23.1 Å². The van der Waals surface area contributed by atoms with E-state index in [9.17, 15) is 4.79 Å². The van der Waals surface area contributed by atoms with Crippen LogP contribution < -0.4 is 24.7 Å². The lowest BCUT2D eigenvalue weighted by atomic mass is 9.41. The number of fused-ring (bicyclic) bond motifs is 2. The summed E-state index contributed by atoms with van der Waals surface area (Å²) in [5.41, 5.74) is 2.40. The Bertz CT molecular complexity index is 1450. The van der Waals surface area contributed by atoms with Crippen LogP contribution in [0.5, 0.6) is 17.2 Å². The van der Waals surface area contributed by atoms with Crippen LogP contribution in [0.3, 0.4) is 0 Å². The van der Waals surface area contributed by atoms with Gasteiger partial charge in [-0.05, 0) is 26.0 Å². The van der Waals surface area contributed by atoms with Gasteiger partial charge in [-0.15, -0.1) is 5.10 Å². The number of halogens is 1. The van der Waals surface area contributed by atoms with Crippen molar-refractivity contribution in [3.8, 4) is 17.2 Å². The predicted octanol–water partition coefficient (Wildman–Crippen LogP) is -1.54. The molecule has 1 aromatic carbocycles. The van der Waals surface area contributed by atoms with Crippen molar-refractivity contribution in [2.24, 2.45) is 0 Å². The Morgan fingerprint density at radius 2 is 1.82 bits per heavy atom. The molecule has 2 aromatic heterocycles. The number of ether oxygens (including phenoxy) is 4. The van der Waals surface area contributed by atoms with Crippen LogP contribution in [0.1, 0.15) is 23.2 Å². The molecule has 1 fully saturated rings. The number of piperidine rings is 1. The van der Waals surface area contributed by atoms with Gasteiger partial charge in [0.05, 0.1) is 29.6 Å². The average molecular weight is 518 g/mol. The zero-order valence-electron chi connectivity index (χ0n) is 23.0. The van der Waals surface area contributed by atoms with Gasteiger partial charge in [-0.25, -0.2) is 9.37 Å². The number of aromatic nitrogens is 3. The van der Waals surface area contributed by atoms with Gasteiger partial charge < -0.3 is 23.8 Å². The third-order valence-corrected chi connectivity index (χ3v) is 7.83. The molecule has 0 saturated carbocycles. The second-order valence-electron chi connectivity index (χ2n) is 11.1. The number of alkyl halides is 1. The molecule has 9 nitrogen and oxygen atoms in total. The highest BCUT2D eigenvalue weighted by molar-refractivity contribution is 6.53. The summed E-state index contributed by atoms with van der Waals surface area (Å²) in [6, 6.07) is 6.76. The fraction of sp³-hybridized carbons (Fsp3) is 0.458. The molecule has 0 spiro atoms. The lowest BCUT2D eigenvalue weighted by Crippen LogP contribution is -2.65. The Kier molecular flexibility index (Phi) is 6.65. The molecular formula is C24H31B4FN4O5. The molecule has 2 aliphatic heterocycles. The van der Waals surface area contributed by atoms with Crippen LogP contribution in [0.2, 0.25) is 0 Å². The second kappa shape index (κ2) is 9.55. The van der Waals surface area contributed by atoms with Crippen molar-refractivity contribution in [3.63, 3.8) is 0 Å². The summed E-state index contributed by atoms with van der Waals surface area (Å²) in [6.07, 6.45) is -1.43. The molecule has 0 radical (unpaired) electrons. The molecule has 0 unspecified atom stereocenters. The zero-order chi connectivity index (χ0) is 27.4. The maximum Gasteiger partial charge on any atom is 0.274 e. The Labute approximate surface area is 224 Å². The fourth-order valence-electron chi connectivity index (χ4n) is 4.80. The van der Waals surface area contributed by atoms with Crippen LogP contribution in [0, 0.1) is 13.8 Å². The third kappa shape index (κ3) is 4.63. The zero-order valence-corrected chi connectivity index (χ0v) is 23.0. The number of hydrogen-bond donors (Lipinski definition) is 0. The Hall–Kier alpha value is -3.14. The van der Waals surface area contributed by atoms with Gasteiger partial charge in [-0.3, -0.25) is 4.79 Å². The topological polar surface area (TPSA) is 87.4 Å². The summed E-state index contributed by atoms with van der Waals surface area (Å²) in [5, 5.41) is 3.52. The number of benzene rings is 1. The highest BCUT2D eigenvalue weighted by Gasteiger charge is 2.44. The summed E-state index contributed by atoms with van der Waals surface area (Å²) >= 11 is 0. The summed E-state index contributed by atoms with van der Waals surface area (Å²) in [7, 11) is 9.48. The van der Waals surface area contributed by atoms with Crippen LogP contribution in [-0.4, -0.2) is 89.3 Å². The molecule has 2 aliphatic rings. The number of hydrogen-bond acceptors (Lipinski definition) is 8. The average Bonchev–Trinajstić information content (AvgIpc) is 2.84. The first-order chi connectivity index (χ1) is 17.9. The lowest BCUT2D eigenvalue weighted by molar-refractivity contribution is 0.0587. The van der Waals surface area contributed by atoms with E-state index >= 15 is 4.39 Å². The molecule has 5 rings (SSSR count). The number of aryl methyl sites for hydroxylation is 1. The molecule has 2 atom stereocenters. The van der Waals surface area contributed by atoms with Gasteiger partial charge in [-0.2, -0.15) is 4.52 Å². The van der Waals surface area contributed by atoms with Gasteiger partial charge in [0.2, 0.25) is 0 Å². The van der Waals surface area contributed by atoms with E-state index in [2.05, 4.69) is 10.1 Å². The Morgan fingerprint density at radius 3 is 2.50 bits per heavy atom. The van der Waals surface area contributed by atoms with Crippen molar-refractivity contribution in [3.05, 3.63) is 51.4 Å². The normalized spacial score (nSPS) is 21.8. The maximum absolute atomic E-state index is 15.5. The third-order valence-electron chi connectivity index (χ3n) is 7.83. The van der Waals surface area contributed by atoms with Gasteiger partial charge in [0.15, 0.2) is 29.1 Å². The summed E-state index contributed by atoms with van der Waals surface area (Å²) in [5.74, 6) is 2.33. The minimum Gasteiger partial charge on any atom is -0.499 e. The SMILES string of the molecule is BC1(B)Oc2ccc(O[C@@H]3CCN(c4nn5c(=O)cc(COC)nc5c(C)c4C)C[C@H]3F)cc2OC1(B)B. The van der Waals surface area contributed by atoms with E-state index in [1.54, 1.807) is 25.3 Å². The molecule has 0 N–H and O–H groups in total. The molecule has 4 heterocycles. The summed E-state index contributed by atoms with van der Waals surface area (Å²) < 4.78 is 40.3. The van der Waals surface area contributed by atoms with E-state index in [0.717, 1.165) is 11.1 Å². The van der Waals surface area contributed by atoms with Crippen LogP contribution >= 0.6 is 0 Å². The first-order valence-electron chi connectivity index (χ1n) is 12.9. The highest BCUT2D eigenvalue weighted by Crippen LogP contribution is 2.41. The van der Waals surface area contributed by atoms with Crippen LogP contribution in [0.25, 0.3) is 5.65 Å². The quantitative estimate of drug-likeness (QED) is 0.377. The van der Waals surface area contributed by atoms with Crippen LogP contribution in [0.4, 0.5) is 10.2 Å².